The van der Waals surface area contributed by atoms with Crippen molar-refractivity contribution < 1.29 is 19.4 Å². The van der Waals surface area contributed by atoms with Gasteiger partial charge in [0.1, 0.15) is 17.7 Å². The van der Waals surface area contributed by atoms with Crippen LogP contribution < -0.4 is 15.6 Å². The smallest absolute Gasteiger partial charge is 0.341 e. The molecular formula is C23H26N6O5S. The van der Waals surface area contributed by atoms with E-state index in [0.29, 0.717) is 41.8 Å². The average molecular weight is 499 g/mol. The average Bonchev–Trinajstić information content (AvgIpc) is 3.33. The van der Waals surface area contributed by atoms with Crippen molar-refractivity contribution >= 4 is 40.3 Å². The van der Waals surface area contributed by atoms with E-state index >= 15 is 0 Å². The monoisotopic (exact) mass is 498 g/mol. The van der Waals surface area contributed by atoms with Gasteiger partial charge in [-0.05, 0) is 44.2 Å². The van der Waals surface area contributed by atoms with Crippen molar-refractivity contribution in [3.05, 3.63) is 39.9 Å². The van der Waals surface area contributed by atoms with E-state index in [2.05, 4.69) is 19.7 Å². The van der Waals surface area contributed by atoms with Gasteiger partial charge in [-0.1, -0.05) is 0 Å². The Labute approximate surface area is 204 Å². The summed E-state index contributed by atoms with van der Waals surface area (Å²) in [5.74, 6) is -0.813. The Morgan fingerprint density at radius 2 is 2.14 bits per heavy atom. The van der Waals surface area contributed by atoms with Crippen molar-refractivity contribution in [3.63, 3.8) is 0 Å². The van der Waals surface area contributed by atoms with E-state index in [1.54, 1.807) is 13.0 Å². The summed E-state index contributed by atoms with van der Waals surface area (Å²) in [4.78, 5) is 47.9. The molecule has 12 heteroatoms. The van der Waals surface area contributed by atoms with Crippen LogP contribution in [0, 0.1) is 12.8 Å². The fourth-order valence-electron chi connectivity index (χ4n) is 4.58. The van der Waals surface area contributed by atoms with Gasteiger partial charge < -0.3 is 20.1 Å². The third kappa shape index (κ3) is 4.63. The molecule has 0 bridgehead atoms. The predicted molar refractivity (Wildman–Crippen MR) is 129 cm³/mol. The lowest BCUT2D eigenvalue weighted by Crippen LogP contribution is -2.54. The Morgan fingerprint density at radius 1 is 1.31 bits per heavy atom. The summed E-state index contributed by atoms with van der Waals surface area (Å²) >= 11 is 1.07. The van der Waals surface area contributed by atoms with Crippen LogP contribution in [-0.4, -0.2) is 68.2 Å². The van der Waals surface area contributed by atoms with E-state index in [-0.39, 0.29) is 28.9 Å². The SMILES string of the molecule is Cc1cc(N2CC(C(=O)NCCC3CCCCO3)C2)nc2c1c(=O)c(C(=O)O)cn2-c1ncns1. The lowest BCUT2D eigenvalue weighted by Gasteiger charge is -2.39. The van der Waals surface area contributed by atoms with E-state index < -0.39 is 11.4 Å². The van der Waals surface area contributed by atoms with Crippen molar-refractivity contribution in [3.8, 4) is 5.13 Å². The Balaban J connectivity index is 1.33. The molecule has 2 aliphatic rings. The summed E-state index contributed by atoms with van der Waals surface area (Å²) in [7, 11) is 0. The van der Waals surface area contributed by atoms with Gasteiger partial charge in [0.05, 0.1) is 17.4 Å². The van der Waals surface area contributed by atoms with Crippen LogP contribution >= 0.6 is 11.5 Å². The maximum atomic E-state index is 12.9. The van der Waals surface area contributed by atoms with Crippen LogP contribution in [0.1, 0.15) is 41.6 Å². The van der Waals surface area contributed by atoms with Crippen molar-refractivity contribution in [1.82, 2.24) is 24.2 Å². The summed E-state index contributed by atoms with van der Waals surface area (Å²) in [5, 5.41) is 13.2. The maximum Gasteiger partial charge on any atom is 0.341 e. The lowest BCUT2D eigenvalue weighted by atomic mass is 9.98. The molecule has 5 rings (SSSR count). The summed E-state index contributed by atoms with van der Waals surface area (Å²) in [6.07, 6.45) is 7.01. The highest BCUT2D eigenvalue weighted by Crippen LogP contribution is 2.28. The number of fused-ring (bicyclic) bond motifs is 1. The number of nitrogens with zero attached hydrogens (tertiary/aromatic N) is 5. The highest BCUT2D eigenvalue weighted by molar-refractivity contribution is 7.08. The first-order valence-electron chi connectivity index (χ1n) is 11.6. The van der Waals surface area contributed by atoms with Crippen LogP contribution in [0.3, 0.4) is 0 Å². The summed E-state index contributed by atoms with van der Waals surface area (Å²) < 4.78 is 11.2. The number of amides is 1. The molecule has 11 nitrogen and oxygen atoms in total. The van der Waals surface area contributed by atoms with Gasteiger partial charge in [-0.15, -0.1) is 0 Å². The fourth-order valence-corrected chi connectivity index (χ4v) is 5.09. The van der Waals surface area contributed by atoms with Crippen LogP contribution in [0.2, 0.25) is 0 Å². The van der Waals surface area contributed by atoms with E-state index in [1.165, 1.54) is 23.5 Å². The number of aromatic carboxylic acids is 1. The zero-order valence-corrected chi connectivity index (χ0v) is 20.1. The number of hydrogen-bond donors (Lipinski definition) is 2. The summed E-state index contributed by atoms with van der Waals surface area (Å²) in [6, 6.07) is 1.76. The number of aromatic nitrogens is 4. The second-order valence-corrected chi connectivity index (χ2v) is 9.70. The molecule has 184 valence electrons. The second-order valence-electron chi connectivity index (χ2n) is 8.94. The van der Waals surface area contributed by atoms with E-state index in [9.17, 15) is 19.5 Å². The van der Waals surface area contributed by atoms with Crippen molar-refractivity contribution in [2.45, 2.75) is 38.7 Å². The van der Waals surface area contributed by atoms with Gasteiger partial charge >= 0.3 is 5.97 Å². The highest BCUT2D eigenvalue weighted by atomic mass is 32.1. The molecule has 2 fully saturated rings. The Kier molecular flexibility index (Phi) is 6.48. The Bertz CT molecular complexity index is 1310. The molecule has 2 aliphatic heterocycles. The van der Waals surface area contributed by atoms with Gasteiger partial charge in [-0.25, -0.2) is 14.8 Å². The third-order valence-electron chi connectivity index (χ3n) is 6.54. The maximum absolute atomic E-state index is 12.9. The number of pyridine rings is 2. The van der Waals surface area contributed by atoms with Crippen LogP contribution in [0.15, 0.2) is 23.4 Å². The molecule has 0 aromatic carbocycles. The van der Waals surface area contributed by atoms with Crippen LogP contribution in [0.25, 0.3) is 16.2 Å². The number of carboxylic acid groups (broad SMARTS) is 1. The zero-order valence-electron chi connectivity index (χ0n) is 19.3. The molecule has 0 spiro atoms. The van der Waals surface area contributed by atoms with Gasteiger partial charge in [-0.2, -0.15) is 4.37 Å². The summed E-state index contributed by atoms with van der Waals surface area (Å²) in [6.45, 7) is 4.19. The normalized spacial score (nSPS) is 18.4. The highest BCUT2D eigenvalue weighted by Gasteiger charge is 2.34. The van der Waals surface area contributed by atoms with E-state index in [4.69, 9.17) is 4.74 Å². The van der Waals surface area contributed by atoms with Gasteiger partial charge in [-0.3, -0.25) is 14.2 Å². The quantitative estimate of drug-likeness (QED) is 0.499. The number of carboxylic acids is 1. The minimum Gasteiger partial charge on any atom is -0.477 e. The first-order valence-corrected chi connectivity index (χ1v) is 12.4. The number of aryl methyl sites for hydroxylation is 1. The first-order chi connectivity index (χ1) is 16.9. The molecule has 0 radical (unpaired) electrons. The van der Waals surface area contributed by atoms with Crippen molar-refractivity contribution in [1.29, 1.82) is 0 Å². The molecule has 1 amide bonds. The topological polar surface area (TPSA) is 140 Å². The molecule has 35 heavy (non-hydrogen) atoms. The number of anilines is 1. The largest absolute Gasteiger partial charge is 0.477 e. The minimum atomic E-state index is -1.31. The van der Waals surface area contributed by atoms with Crippen molar-refractivity contribution in [2.75, 3.05) is 31.1 Å². The molecular weight excluding hydrogens is 472 g/mol. The molecule has 5 heterocycles. The Hall–Kier alpha value is -3.38. The van der Waals surface area contributed by atoms with E-state index in [0.717, 1.165) is 37.4 Å². The molecule has 0 aliphatic carbocycles. The van der Waals surface area contributed by atoms with Crippen LogP contribution in [0.4, 0.5) is 5.82 Å². The molecule has 2 N–H and O–H groups in total. The first kappa shape index (κ1) is 23.4. The second kappa shape index (κ2) is 9.70. The molecule has 0 saturated carbocycles. The number of nitrogens with one attached hydrogen (secondary N) is 1. The van der Waals surface area contributed by atoms with Gasteiger partial charge in [0.25, 0.3) is 0 Å². The standard InChI is InChI=1S/C23H26N6O5S/c1-13-8-17(28-9-14(10-28)21(31)24-6-5-15-4-2-3-7-34-15)27-20-18(13)19(30)16(22(32)33)11-29(20)23-25-12-26-35-23/h8,11-12,14-15H,2-7,9-10H2,1H3,(H,24,31)(H,32,33). The number of hydrogen-bond acceptors (Lipinski definition) is 9. The predicted octanol–water partition coefficient (Wildman–Crippen LogP) is 1.76. The number of carbonyl (C=O) groups is 2. The van der Waals surface area contributed by atoms with Crippen LogP contribution in [0.5, 0.6) is 0 Å². The Morgan fingerprint density at radius 3 is 2.83 bits per heavy atom. The van der Waals surface area contributed by atoms with Crippen molar-refractivity contribution in [2.24, 2.45) is 5.92 Å². The summed E-state index contributed by atoms with van der Waals surface area (Å²) in [5.41, 5.74) is -0.0267. The zero-order chi connectivity index (χ0) is 24.5. The molecule has 3 aromatic rings. The number of carbonyl (C=O) groups excluding carboxylic acids is 1. The molecule has 1 unspecified atom stereocenters. The lowest BCUT2D eigenvalue weighted by molar-refractivity contribution is -0.125. The molecule has 2 saturated heterocycles. The molecule has 3 aromatic heterocycles. The van der Waals surface area contributed by atoms with Gasteiger partial charge in [0.15, 0.2) is 5.65 Å². The van der Waals surface area contributed by atoms with E-state index in [1.807, 2.05) is 4.90 Å². The fraction of sp³-hybridized carbons (Fsp3) is 0.478. The van der Waals surface area contributed by atoms with Crippen LogP contribution in [-0.2, 0) is 9.53 Å². The number of rotatable bonds is 7. The third-order valence-corrected chi connectivity index (χ3v) is 7.21. The molecule has 1 atom stereocenters. The van der Waals surface area contributed by atoms with Gasteiger partial charge in [0, 0.05) is 44.0 Å². The number of ether oxygens (including phenoxy) is 1. The minimum absolute atomic E-state index is 0.0199. The van der Waals surface area contributed by atoms with Gasteiger partial charge in [0.2, 0.25) is 16.5 Å².